The molecule has 1 amide bonds. The minimum Gasteiger partial charge on any atom is -0.325 e. The van der Waals surface area contributed by atoms with E-state index in [0.717, 1.165) is 28.6 Å². The maximum Gasteiger partial charge on any atom is 0.232 e. The van der Waals surface area contributed by atoms with E-state index in [1.165, 1.54) is 0 Å². The number of carbonyl (C=O) groups is 1. The highest BCUT2D eigenvalue weighted by atomic mass is 79.9. The molecular weight excluding hydrogens is 350 g/mol. The molecule has 0 spiro atoms. The first-order chi connectivity index (χ1) is 10.1. The molecule has 0 aromatic heterocycles. The molecule has 0 saturated heterocycles. The van der Waals surface area contributed by atoms with E-state index in [1.807, 2.05) is 48.5 Å². The molecule has 1 N–H and O–H groups in total. The van der Waals surface area contributed by atoms with Crippen LogP contribution in [0.5, 0.6) is 0 Å². The van der Waals surface area contributed by atoms with E-state index in [0.29, 0.717) is 10.9 Å². The van der Waals surface area contributed by atoms with Gasteiger partial charge in [0.1, 0.15) is 0 Å². The van der Waals surface area contributed by atoms with Crippen LogP contribution in [-0.2, 0) is 4.79 Å². The van der Waals surface area contributed by atoms with Gasteiger partial charge in [-0.15, -0.1) is 0 Å². The second kappa shape index (κ2) is 6.20. The molecule has 1 fully saturated rings. The lowest BCUT2D eigenvalue weighted by molar-refractivity contribution is -0.118. The molecule has 1 aliphatic carbocycles. The van der Waals surface area contributed by atoms with Crippen LogP contribution in [0, 0.1) is 5.92 Å². The molecule has 2 aromatic rings. The van der Waals surface area contributed by atoms with Crippen molar-refractivity contribution in [1.82, 2.24) is 0 Å². The van der Waals surface area contributed by atoms with Gasteiger partial charge < -0.3 is 5.32 Å². The van der Waals surface area contributed by atoms with Gasteiger partial charge in [0.25, 0.3) is 0 Å². The van der Waals surface area contributed by atoms with Gasteiger partial charge in [0.15, 0.2) is 0 Å². The number of anilines is 1. The number of para-hydroxylation sites is 1. The third-order valence-corrected chi connectivity index (χ3v) is 4.68. The Morgan fingerprint density at radius 1 is 1.14 bits per heavy atom. The second-order valence-electron chi connectivity index (χ2n) is 5.34. The number of nitrogens with one attached hydrogen (secondary N) is 1. The Balaban J connectivity index is 1.83. The molecule has 108 valence electrons. The van der Waals surface area contributed by atoms with Crippen LogP contribution in [-0.4, -0.2) is 5.91 Å². The van der Waals surface area contributed by atoms with Crippen molar-refractivity contribution in [2.45, 2.75) is 18.8 Å². The molecule has 2 aromatic carbocycles. The van der Waals surface area contributed by atoms with Gasteiger partial charge in [0, 0.05) is 9.50 Å². The highest BCUT2D eigenvalue weighted by Crippen LogP contribution is 2.43. The van der Waals surface area contributed by atoms with Crippen molar-refractivity contribution in [3.8, 4) is 0 Å². The van der Waals surface area contributed by atoms with Crippen LogP contribution in [0.1, 0.15) is 24.3 Å². The smallest absolute Gasteiger partial charge is 0.232 e. The first-order valence-corrected chi connectivity index (χ1v) is 8.13. The summed E-state index contributed by atoms with van der Waals surface area (Å²) in [7, 11) is 0. The summed E-state index contributed by atoms with van der Waals surface area (Å²) in [6.45, 7) is 0. The summed E-state index contributed by atoms with van der Waals surface area (Å²) in [4.78, 5) is 12.7. The van der Waals surface area contributed by atoms with Gasteiger partial charge in [-0.1, -0.05) is 35.9 Å². The standard InChI is InChI=1S/C17H15BrClNO/c18-14-3-1-2-4-15(14)20-17(21)16(11-5-6-11)12-7-9-13(19)10-8-12/h1-4,7-11,16H,5-6H2,(H,20,21). The Hall–Kier alpha value is -1.32. The normalized spacial score (nSPS) is 15.5. The third-order valence-electron chi connectivity index (χ3n) is 3.74. The molecule has 1 atom stereocenters. The van der Waals surface area contributed by atoms with Crippen LogP contribution in [0.25, 0.3) is 0 Å². The molecule has 1 unspecified atom stereocenters. The second-order valence-corrected chi connectivity index (χ2v) is 6.63. The predicted molar refractivity (Wildman–Crippen MR) is 89.7 cm³/mol. The summed E-state index contributed by atoms with van der Waals surface area (Å²) < 4.78 is 0.893. The summed E-state index contributed by atoms with van der Waals surface area (Å²) in [5.41, 5.74) is 1.84. The zero-order chi connectivity index (χ0) is 14.8. The summed E-state index contributed by atoms with van der Waals surface area (Å²) in [6.07, 6.45) is 2.22. The number of carbonyl (C=O) groups excluding carboxylic acids is 1. The average Bonchev–Trinajstić information content (AvgIpc) is 3.29. The number of hydrogen-bond acceptors (Lipinski definition) is 1. The minimum absolute atomic E-state index is 0.0479. The lowest BCUT2D eigenvalue weighted by Crippen LogP contribution is -2.23. The Labute approximate surface area is 137 Å². The maximum absolute atomic E-state index is 12.7. The zero-order valence-corrected chi connectivity index (χ0v) is 13.7. The van der Waals surface area contributed by atoms with E-state index in [1.54, 1.807) is 0 Å². The van der Waals surface area contributed by atoms with Crippen LogP contribution >= 0.6 is 27.5 Å². The Bertz CT molecular complexity index is 652. The highest BCUT2D eigenvalue weighted by molar-refractivity contribution is 9.10. The van der Waals surface area contributed by atoms with Crippen LogP contribution in [0.3, 0.4) is 0 Å². The third kappa shape index (κ3) is 3.47. The first-order valence-electron chi connectivity index (χ1n) is 6.96. The van der Waals surface area contributed by atoms with E-state index in [2.05, 4.69) is 21.2 Å². The maximum atomic E-state index is 12.7. The number of amides is 1. The van der Waals surface area contributed by atoms with Crippen LogP contribution in [0.4, 0.5) is 5.69 Å². The number of hydrogen-bond donors (Lipinski definition) is 1. The summed E-state index contributed by atoms with van der Waals surface area (Å²) in [6, 6.07) is 15.2. The summed E-state index contributed by atoms with van der Waals surface area (Å²) in [5.74, 6) is 0.384. The Morgan fingerprint density at radius 2 is 1.81 bits per heavy atom. The van der Waals surface area contributed by atoms with E-state index in [4.69, 9.17) is 11.6 Å². The van der Waals surface area contributed by atoms with Crippen molar-refractivity contribution < 1.29 is 4.79 Å². The fourth-order valence-corrected chi connectivity index (χ4v) is 3.02. The molecule has 2 nitrogen and oxygen atoms in total. The Kier molecular flexibility index (Phi) is 4.32. The zero-order valence-electron chi connectivity index (χ0n) is 11.4. The largest absolute Gasteiger partial charge is 0.325 e. The summed E-state index contributed by atoms with van der Waals surface area (Å²) >= 11 is 9.40. The van der Waals surface area contributed by atoms with Gasteiger partial charge in [-0.05, 0) is 64.5 Å². The van der Waals surface area contributed by atoms with Crippen molar-refractivity contribution in [3.63, 3.8) is 0 Å². The number of rotatable bonds is 4. The van der Waals surface area contributed by atoms with E-state index in [9.17, 15) is 4.79 Å². The van der Waals surface area contributed by atoms with Gasteiger partial charge in [-0.3, -0.25) is 4.79 Å². The topological polar surface area (TPSA) is 29.1 Å². The quantitative estimate of drug-likeness (QED) is 0.790. The van der Waals surface area contributed by atoms with E-state index in [-0.39, 0.29) is 11.8 Å². The van der Waals surface area contributed by atoms with Gasteiger partial charge in [0.05, 0.1) is 11.6 Å². The van der Waals surface area contributed by atoms with Crippen molar-refractivity contribution in [3.05, 3.63) is 63.6 Å². The molecule has 21 heavy (non-hydrogen) atoms. The van der Waals surface area contributed by atoms with Gasteiger partial charge in [-0.2, -0.15) is 0 Å². The van der Waals surface area contributed by atoms with E-state index < -0.39 is 0 Å². The van der Waals surface area contributed by atoms with Crippen LogP contribution in [0.2, 0.25) is 5.02 Å². The molecule has 4 heteroatoms. The van der Waals surface area contributed by atoms with Crippen LogP contribution in [0.15, 0.2) is 53.0 Å². The monoisotopic (exact) mass is 363 g/mol. The lowest BCUT2D eigenvalue weighted by Gasteiger charge is -2.17. The molecule has 0 radical (unpaired) electrons. The molecule has 0 bridgehead atoms. The van der Waals surface area contributed by atoms with Gasteiger partial charge in [0.2, 0.25) is 5.91 Å². The number of halogens is 2. The minimum atomic E-state index is -0.102. The molecule has 3 rings (SSSR count). The molecule has 0 heterocycles. The van der Waals surface area contributed by atoms with Crippen LogP contribution < -0.4 is 5.32 Å². The fraction of sp³-hybridized carbons (Fsp3) is 0.235. The SMILES string of the molecule is O=C(Nc1ccccc1Br)C(c1ccc(Cl)cc1)C1CC1. The van der Waals surface area contributed by atoms with Gasteiger partial charge in [-0.25, -0.2) is 0 Å². The molecule has 1 saturated carbocycles. The Morgan fingerprint density at radius 3 is 2.43 bits per heavy atom. The van der Waals surface area contributed by atoms with E-state index >= 15 is 0 Å². The highest BCUT2D eigenvalue weighted by Gasteiger charge is 2.37. The van der Waals surface area contributed by atoms with Crippen molar-refractivity contribution in [2.24, 2.45) is 5.92 Å². The first kappa shape index (κ1) is 14.6. The molecule has 1 aliphatic rings. The number of benzene rings is 2. The lowest BCUT2D eigenvalue weighted by atomic mass is 9.93. The summed E-state index contributed by atoms with van der Waals surface area (Å²) in [5, 5.41) is 3.72. The average molecular weight is 365 g/mol. The van der Waals surface area contributed by atoms with Crippen molar-refractivity contribution >= 4 is 39.1 Å². The van der Waals surface area contributed by atoms with Gasteiger partial charge >= 0.3 is 0 Å². The fourth-order valence-electron chi connectivity index (χ4n) is 2.51. The molecule has 0 aliphatic heterocycles. The predicted octanol–water partition coefficient (Wildman–Crippen LogP) is 5.23. The van der Waals surface area contributed by atoms with Crippen molar-refractivity contribution in [2.75, 3.05) is 5.32 Å². The van der Waals surface area contributed by atoms with Crippen molar-refractivity contribution in [1.29, 1.82) is 0 Å². The molecular formula is C17H15BrClNO.